The number of anilines is 1. The topological polar surface area (TPSA) is 66.4 Å². The number of hydrogen-bond donors (Lipinski definition) is 1. The number of rotatable bonds is 5. The number of ether oxygens (including phenoxy) is 1. The van der Waals surface area contributed by atoms with Crippen LogP contribution in [-0.4, -0.2) is 75.9 Å². The summed E-state index contributed by atoms with van der Waals surface area (Å²) < 4.78 is 52.9. The Bertz CT molecular complexity index is 1930. The Hall–Kier alpha value is -3.94. The molecule has 0 aliphatic carbocycles. The lowest BCUT2D eigenvalue weighted by Gasteiger charge is -2.46. The molecule has 4 aliphatic heterocycles. The summed E-state index contributed by atoms with van der Waals surface area (Å²) in [6, 6.07) is 8.49. The van der Waals surface area contributed by atoms with E-state index in [1.54, 1.807) is 18.2 Å². The quantitative estimate of drug-likeness (QED) is 0.275. The number of halogens is 3. The number of aromatic nitrogens is 3. The smallest absolute Gasteiger partial charge is 0.319 e. The molecule has 4 atom stereocenters. The molecule has 4 aromatic rings. The summed E-state index contributed by atoms with van der Waals surface area (Å²) in [5.74, 6) is 1.90. The monoisotopic (exact) mass is 626 g/mol. The number of hydrogen-bond acceptors (Lipinski definition) is 7. The molecule has 4 aliphatic rings. The van der Waals surface area contributed by atoms with Gasteiger partial charge in [0.15, 0.2) is 5.82 Å². The van der Waals surface area contributed by atoms with E-state index in [4.69, 9.17) is 26.1 Å². The summed E-state index contributed by atoms with van der Waals surface area (Å²) >= 11 is 0. The number of piperazine rings is 1. The molecule has 0 bridgehead atoms. The van der Waals surface area contributed by atoms with E-state index in [0.717, 1.165) is 38.8 Å². The molecule has 238 valence electrons. The van der Waals surface area contributed by atoms with Crippen LogP contribution in [0.25, 0.3) is 32.9 Å². The molecular formula is C36H37F3N6O. The van der Waals surface area contributed by atoms with Gasteiger partial charge >= 0.3 is 6.01 Å². The number of aryl methyl sites for hydroxylation is 1. The first-order chi connectivity index (χ1) is 22.2. The fourth-order valence-corrected chi connectivity index (χ4v) is 8.26. The van der Waals surface area contributed by atoms with Crippen molar-refractivity contribution in [3.8, 4) is 29.6 Å². The standard InChI is InChI=1S/C36H37F3N6O/c1-4-24-26(38)12-10-21-8-6-9-25(28(21)24)31-30(39)32-29-27(41-31)13-11-23-17-40-35(3,5-2)19-45(23)33(29)43-34(42-32)46-20-36-14-7-15-44(36)18-22(37)16-36/h1,6,8-10,12,22-23,40H,5,7,11,13-20H2,2-3H3/t22-,23-,35-,36+/m1/s1. The van der Waals surface area contributed by atoms with Crippen molar-refractivity contribution in [3.63, 3.8) is 0 Å². The Morgan fingerprint density at radius 2 is 2.02 bits per heavy atom. The molecule has 0 saturated carbocycles. The van der Waals surface area contributed by atoms with Crippen LogP contribution in [0.1, 0.15) is 57.2 Å². The lowest BCUT2D eigenvalue weighted by Crippen LogP contribution is -2.63. The van der Waals surface area contributed by atoms with Crippen molar-refractivity contribution in [2.45, 2.75) is 75.7 Å². The Morgan fingerprint density at radius 3 is 2.85 bits per heavy atom. The van der Waals surface area contributed by atoms with E-state index < -0.39 is 23.3 Å². The van der Waals surface area contributed by atoms with Crippen molar-refractivity contribution in [1.29, 1.82) is 0 Å². The molecule has 8 rings (SSSR count). The van der Waals surface area contributed by atoms with Gasteiger partial charge in [-0.1, -0.05) is 37.1 Å². The zero-order valence-electron chi connectivity index (χ0n) is 26.2. The maximum atomic E-state index is 17.1. The second-order valence-electron chi connectivity index (χ2n) is 13.7. The van der Waals surface area contributed by atoms with Gasteiger partial charge in [-0.2, -0.15) is 9.97 Å². The van der Waals surface area contributed by atoms with Gasteiger partial charge < -0.3 is 15.0 Å². The van der Waals surface area contributed by atoms with Gasteiger partial charge in [-0.05, 0) is 57.0 Å². The van der Waals surface area contributed by atoms with Gasteiger partial charge in [-0.25, -0.2) is 18.2 Å². The predicted molar refractivity (Wildman–Crippen MR) is 173 cm³/mol. The van der Waals surface area contributed by atoms with Crippen molar-refractivity contribution < 1.29 is 17.9 Å². The molecule has 46 heavy (non-hydrogen) atoms. The molecule has 2 aromatic carbocycles. The highest BCUT2D eigenvalue weighted by Crippen LogP contribution is 2.43. The molecule has 1 N–H and O–H groups in total. The van der Waals surface area contributed by atoms with E-state index in [9.17, 15) is 8.78 Å². The van der Waals surface area contributed by atoms with Gasteiger partial charge in [0.05, 0.1) is 22.2 Å². The van der Waals surface area contributed by atoms with Gasteiger partial charge in [0.1, 0.15) is 35.6 Å². The zero-order chi connectivity index (χ0) is 31.8. The molecule has 0 amide bonds. The average Bonchev–Trinajstić information content (AvgIpc) is 3.54. The van der Waals surface area contributed by atoms with Crippen molar-refractivity contribution in [2.24, 2.45) is 0 Å². The maximum Gasteiger partial charge on any atom is 0.319 e. The lowest BCUT2D eigenvalue weighted by atomic mass is 9.92. The first-order valence-corrected chi connectivity index (χ1v) is 16.3. The van der Waals surface area contributed by atoms with Crippen LogP contribution in [0.15, 0.2) is 30.3 Å². The minimum Gasteiger partial charge on any atom is -0.461 e. The number of nitrogens with zero attached hydrogens (tertiary/aromatic N) is 5. The van der Waals surface area contributed by atoms with Crippen LogP contribution in [0.5, 0.6) is 6.01 Å². The number of alkyl halides is 1. The molecule has 7 nitrogen and oxygen atoms in total. The van der Waals surface area contributed by atoms with Crippen molar-refractivity contribution in [1.82, 2.24) is 25.2 Å². The summed E-state index contributed by atoms with van der Waals surface area (Å²) in [4.78, 5) is 19.1. The molecular weight excluding hydrogens is 589 g/mol. The Balaban J connectivity index is 1.32. The Kier molecular flexibility index (Phi) is 6.93. The summed E-state index contributed by atoms with van der Waals surface area (Å²) in [6.45, 7) is 7.25. The molecule has 3 saturated heterocycles. The summed E-state index contributed by atoms with van der Waals surface area (Å²) in [5.41, 5.74) is 0.780. The number of terminal acetylenes is 1. The van der Waals surface area contributed by atoms with E-state index in [2.05, 4.69) is 34.9 Å². The summed E-state index contributed by atoms with van der Waals surface area (Å²) in [5, 5.41) is 5.42. The third-order valence-corrected chi connectivity index (χ3v) is 10.9. The van der Waals surface area contributed by atoms with Crippen LogP contribution in [0.4, 0.5) is 19.0 Å². The zero-order valence-corrected chi connectivity index (χ0v) is 26.2. The van der Waals surface area contributed by atoms with Crippen LogP contribution in [0.3, 0.4) is 0 Å². The maximum absolute atomic E-state index is 17.1. The summed E-state index contributed by atoms with van der Waals surface area (Å²) in [7, 11) is 0. The van der Waals surface area contributed by atoms with E-state index in [1.165, 1.54) is 6.07 Å². The molecule has 10 heteroatoms. The highest BCUT2D eigenvalue weighted by atomic mass is 19.1. The van der Waals surface area contributed by atoms with Crippen molar-refractivity contribution >= 4 is 27.5 Å². The second kappa shape index (κ2) is 10.8. The largest absolute Gasteiger partial charge is 0.461 e. The number of nitrogens with one attached hydrogen (secondary N) is 1. The van der Waals surface area contributed by atoms with Gasteiger partial charge in [-0.15, -0.1) is 6.42 Å². The van der Waals surface area contributed by atoms with Gasteiger partial charge in [0, 0.05) is 48.6 Å². The molecule has 6 heterocycles. The van der Waals surface area contributed by atoms with Crippen molar-refractivity contribution in [2.75, 3.05) is 37.7 Å². The van der Waals surface area contributed by atoms with E-state index in [1.807, 2.05) is 6.07 Å². The average molecular weight is 627 g/mol. The molecule has 0 radical (unpaired) electrons. The molecule has 3 fully saturated rings. The van der Waals surface area contributed by atoms with E-state index >= 15 is 4.39 Å². The summed E-state index contributed by atoms with van der Waals surface area (Å²) in [6.07, 6.45) is 9.37. The fraction of sp³-hybridized carbons (Fsp3) is 0.472. The first-order valence-electron chi connectivity index (χ1n) is 16.3. The normalized spacial score (nSPS) is 27.4. The molecule has 0 spiro atoms. The lowest BCUT2D eigenvalue weighted by molar-refractivity contribution is 0.107. The SMILES string of the molecule is C#Cc1c(F)ccc2cccc(-c3nc4c5c(nc(OC[C@@]67CCCN6C[C@H](F)C7)nc5c3F)N3C[C@@](C)(CC)NC[C@H]3CC4)c12. The predicted octanol–water partition coefficient (Wildman–Crippen LogP) is 5.95. The Morgan fingerprint density at radius 1 is 1.15 bits per heavy atom. The van der Waals surface area contributed by atoms with Crippen molar-refractivity contribution in [3.05, 3.63) is 53.2 Å². The highest BCUT2D eigenvalue weighted by molar-refractivity contribution is 6.02. The minimum absolute atomic E-state index is 0.0674. The van der Waals surface area contributed by atoms with E-state index in [0.29, 0.717) is 59.2 Å². The first kappa shape index (κ1) is 29.5. The van der Waals surface area contributed by atoms with Crippen LogP contribution < -0.4 is 15.0 Å². The highest BCUT2D eigenvalue weighted by Gasteiger charge is 2.49. The van der Waals surface area contributed by atoms with Gasteiger partial charge in [0.25, 0.3) is 0 Å². The minimum atomic E-state index is -0.897. The van der Waals surface area contributed by atoms with Crippen LogP contribution in [0.2, 0.25) is 0 Å². The number of pyridine rings is 1. The van der Waals surface area contributed by atoms with Gasteiger partial charge in [0.2, 0.25) is 0 Å². The Labute approximate surface area is 266 Å². The van der Waals surface area contributed by atoms with Crippen LogP contribution in [0, 0.1) is 24.0 Å². The van der Waals surface area contributed by atoms with E-state index in [-0.39, 0.29) is 41.0 Å². The van der Waals surface area contributed by atoms with Crippen LogP contribution in [-0.2, 0) is 6.42 Å². The number of benzene rings is 2. The third kappa shape index (κ3) is 4.54. The molecule has 0 unspecified atom stereocenters. The van der Waals surface area contributed by atoms with Crippen LogP contribution >= 0.6 is 0 Å². The third-order valence-electron chi connectivity index (χ3n) is 10.9. The van der Waals surface area contributed by atoms with Gasteiger partial charge in [-0.3, -0.25) is 4.90 Å². The number of fused-ring (bicyclic) bond motifs is 4. The second-order valence-corrected chi connectivity index (χ2v) is 13.7. The fourth-order valence-electron chi connectivity index (χ4n) is 8.26. The molecule has 2 aromatic heterocycles.